The van der Waals surface area contributed by atoms with E-state index in [9.17, 15) is 13.2 Å². The zero-order chi connectivity index (χ0) is 17.3. The van der Waals surface area contributed by atoms with E-state index < -0.39 is 10.0 Å². The Morgan fingerprint density at radius 2 is 1.92 bits per heavy atom. The molecule has 1 aliphatic rings. The molecule has 1 saturated heterocycles. The molecule has 0 aromatic heterocycles. The number of carbonyl (C=O) groups excluding carboxylic acids is 1. The molecule has 1 aliphatic heterocycles. The highest BCUT2D eigenvalue weighted by molar-refractivity contribution is 7.89. The standard InChI is InChI=1S/C16H25N3O3S.ClH/c1-16(2)12-19(10-9-14(16)17)15(20)11-18(3)23(21,22)13-7-5-4-6-8-13;/h4-8,14H,9-12,17H2,1-3H3;1H. The van der Waals surface area contributed by atoms with Gasteiger partial charge in [0.05, 0.1) is 11.4 Å². The lowest BCUT2D eigenvalue weighted by Gasteiger charge is -2.42. The van der Waals surface area contributed by atoms with Crippen LogP contribution in [-0.4, -0.2) is 56.3 Å². The number of hydrogen-bond donors (Lipinski definition) is 1. The first-order valence-electron chi connectivity index (χ1n) is 7.69. The van der Waals surface area contributed by atoms with E-state index in [-0.39, 0.29) is 41.2 Å². The molecule has 1 amide bonds. The maximum atomic E-state index is 12.5. The van der Waals surface area contributed by atoms with Crippen molar-refractivity contribution in [2.45, 2.75) is 31.2 Å². The van der Waals surface area contributed by atoms with Gasteiger partial charge in [0.25, 0.3) is 0 Å². The van der Waals surface area contributed by atoms with Gasteiger partial charge in [0.1, 0.15) is 0 Å². The van der Waals surface area contributed by atoms with E-state index in [1.54, 1.807) is 23.1 Å². The molecular weight excluding hydrogens is 350 g/mol. The number of hydrogen-bond acceptors (Lipinski definition) is 4. The molecule has 0 radical (unpaired) electrons. The van der Waals surface area contributed by atoms with Crippen molar-refractivity contribution in [1.29, 1.82) is 0 Å². The van der Waals surface area contributed by atoms with Crippen LogP contribution in [0.15, 0.2) is 35.2 Å². The highest BCUT2D eigenvalue weighted by Crippen LogP contribution is 2.27. The molecule has 1 aromatic carbocycles. The van der Waals surface area contributed by atoms with Gasteiger partial charge in [-0.05, 0) is 24.0 Å². The Morgan fingerprint density at radius 3 is 2.46 bits per heavy atom. The number of benzene rings is 1. The van der Waals surface area contributed by atoms with Crippen molar-refractivity contribution < 1.29 is 13.2 Å². The van der Waals surface area contributed by atoms with E-state index in [0.29, 0.717) is 13.1 Å². The van der Waals surface area contributed by atoms with Crippen molar-refractivity contribution in [2.75, 3.05) is 26.7 Å². The van der Waals surface area contributed by atoms with E-state index in [4.69, 9.17) is 5.73 Å². The normalized spacial score (nSPS) is 20.5. The fourth-order valence-corrected chi connectivity index (χ4v) is 3.88. The van der Waals surface area contributed by atoms with Crippen LogP contribution in [0.5, 0.6) is 0 Å². The Balaban J connectivity index is 0.00000288. The number of piperidine rings is 1. The van der Waals surface area contributed by atoms with Crippen LogP contribution in [0, 0.1) is 5.41 Å². The molecule has 1 fully saturated rings. The number of likely N-dealkylation sites (N-methyl/N-ethyl adjacent to an activating group) is 1. The summed E-state index contributed by atoms with van der Waals surface area (Å²) in [4.78, 5) is 14.4. The van der Waals surface area contributed by atoms with Crippen LogP contribution < -0.4 is 5.73 Å². The highest BCUT2D eigenvalue weighted by Gasteiger charge is 2.36. The lowest BCUT2D eigenvalue weighted by atomic mass is 9.80. The zero-order valence-corrected chi connectivity index (χ0v) is 15.9. The number of nitrogens with zero attached hydrogens (tertiary/aromatic N) is 2. The predicted molar refractivity (Wildman–Crippen MR) is 96.5 cm³/mol. The van der Waals surface area contributed by atoms with Crippen molar-refractivity contribution in [3.63, 3.8) is 0 Å². The van der Waals surface area contributed by atoms with Gasteiger partial charge in [-0.2, -0.15) is 4.31 Å². The lowest BCUT2D eigenvalue weighted by molar-refractivity contribution is -0.134. The molecule has 1 atom stereocenters. The van der Waals surface area contributed by atoms with Gasteiger partial charge in [0.2, 0.25) is 15.9 Å². The first-order valence-corrected chi connectivity index (χ1v) is 9.13. The SMILES string of the molecule is CN(CC(=O)N1CCC(N)C(C)(C)C1)S(=O)(=O)c1ccccc1.Cl. The summed E-state index contributed by atoms with van der Waals surface area (Å²) in [5.74, 6) is -0.188. The smallest absolute Gasteiger partial charge is 0.243 e. The minimum atomic E-state index is -3.65. The summed E-state index contributed by atoms with van der Waals surface area (Å²) in [7, 11) is -2.22. The van der Waals surface area contributed by atoms with E-state index >= 15 is 0 Å². The Hall–Kier alpha value is -1.15. The zero-order valence-electron chi connectivity index (χ0n) is 14.3. The van der Waals surface area contributed by atoms with Crippen LogP contribution in [0.25, 0.3) is 0 Å². The quantitative estimate of drug-likeness (QED) is 0.860. The third-order valence-corrected chi connectivity index (χ3v) is 6.29. The molecule has 2 N–H and O–H groups in total. The number of nitrogens with two attached hydrogens (primary N) is 1. The van der Waals surface area contributed by atoms with E-state index in [1.807, 2.05) is 13.8 Å². The molecule has 0 saturated carbocycles. The molecule has 1 aromatic rings. The monoisotopic (exact) mass is 375 g/mol. The molecule has 1 unspecified atom stereocenters. The summed E-state index contributed by atoms with van der Waals surface area (Å²) < 4.78 is 26.0. The largest absolute Gasteiger partial charge is 0.341 e. The maximum absolute atomic E-state index is 12.5. The molecule has 6 nitrogen and oxygen atoms in total. The molecule has 24 heavy (non-hydrogen) atoms. The molecule has 1 heterocycles. The van der Waals surface area contributed by atoms with Crippen LogP contribution in [0.1, 0.15) is 20.3 Å². The molecule has 2 rings (SSSR count). The number of halogens is 1. The van der Waals surface area contributed by atoms with Crippen LogP contribution in [0.4, 0.5) is 0 Å². The maximum Gasteiger partial charge on any atom is 0.243 e. The van der Waals surface area contributed by atoms with Gasteiger partial charge in [0, 0.05) is 26.2 Å². The van der Waals surface area contributed by atoms with Crippen LogP contribution in [0.2, 0.25) is 0 Å². The second kappa shape index (κ2) is 7.82. The van der Waals surface area contributed by atoms with Crippen molar-refractivity contribution >= 4 is 28.3 Å². The van der Waals surface area contributed by atoms with Gasteiger partial charge in [-0.3, -0.25) is 4.79 Å². The molecule has 0 aliphatic carbocycles. The summed E-state index contributed by atoms with van der Waals surface area (Å²) in [5, 5.41) is 0. The van der Waals surface area contributed by atoms with Gasteiger partial charge in [-0.25, -0.2) is 8.42 Å². The average molecular weight is 376 g/mol. The van der Waals surface area contributed by atoms with Crippen LogP contribution in [-0.2, 0) is 14.8 Å². The Labute approximate surface area is 150 Å². The Kier molecular flexibility index (Phi) is 6.81. The second-order valence-corrected chi connectivity index (χ2v) is 8.82. The summed E-state index contributed by atoms with van der Waals surface area (Å²) in [6, 6.07) is 8.19. The summed E-state index contributed by atoms with van der Waals surface area (Å²) in [6.07, 6.45) is 0.730. The number of sulfonamides is 1. The average Bonchev–Trinajstić information content (AvgIpc) is 2.50. The number of likely N-dealkylation sites (tertiary alicyclic amines) is 1. The first-order chi connectivity index (χ1) is 10.6. The van der Waals surface area contributed by atoms with E-state index in [0.717, 1.165) is 10.7 Å². The van der Waals surface area contributed by atoms with Crippen molar-refractivity contribution in [2.24, 2.45) is 11.1 Å². The minimum absolute atomic E-state index is 0. The van der Waals surface area contributed by atoms with Crippen molar-refractivity contribution in [3.05, 3.63) is 30.3 Å². The van der Waals surface area contributed by atoms with E-state index in [2.05, 4.69) is 0 Å². The third-order valence-electron chi connectivity index (χ3n) is 4.47. The van der Waals surface area contributed by atoms with Crippen LogP contribution >= 0.6 is 12.4 Å². The fourth-order valence-electron chi connectivity index (χ4n) is 2.73. The van der Waals surface area contributed by atoms with Gasteiger partial charge >= 0.3 is 0 Å². The number of carbonyl (C=O) groups is 1. The second-order valence-electron chi connectivity index (χ2n) is 6.77. The summed E-state index contributed by atoms with van der Waals surface area (Å²) in [5.41, 5.74) is 5.92. The number of amides is 1. The first kappa shape index (κ1) is 20.9. The lowest BCUT2D eigenvalue weighted by Crippen LogP contribution is -2.55. The van der Waals surface area contributed by atoms with E-state index in [1.165, 1.54) is 19.2 Å². The molecule has 0 spiro atoms. The predicted octanol–water partition coefficient (Wildman–Crippen LogP) is 1.31. The number of rotatable bonds is 4. The van der Waals surface area contributed by atoms with Gasteiger partial charge < -0.3 is 10.6 Å². The fraction of sp³-hybridized carbons (Fsp3) is 0.562. The molecule has 136 valence electrons. The topological polar surface area (TPSA) is 83.7 Å². The highest BCUT2D eigenvalue weighted by atomic mass is 35.5. The Bertz CT molecular complexity index is 664. The third kappa shape index (κ3) is 4.47. The van der Waals surface area contributed by atoms with Crippen LogP contribution in [0.3, 0.4) is 0 Å². The molecular formula is C16H26ClN3O3S. The minimum Gasteiger partial charge on any atom is -0.341 e. The molecule has 0 bridgehead atoms. The van der Waals surface area contributed by atoms with Gasteiger partial charge in [-0.1, -0.05) is 32.0 Å². The van der Waals surface area contributed by atoms with Gasteiger partial charge in [-0.15, -0.1) is 12.4 Å². The van der Waals surface area contributed by atoms with Crippen molar-refractivity contribution in [3.8, 4) is 0 Å². The Morgan fingerprint density at radius 1 is 1.33 bits per heavy atom. The van der Waals surface area contributed by atoms with Crippen molar-refractivity contribution in [1.82, 2.24) is 9.21 Å². The summed E-state index contributed by atoms with van der Waals surface area (Å²) in [6.45, 7) is 5.01. The summed E-state index contributed by atoms with van der Waals surface area (Å²) >= 11 is 0. The van der Waals surface area contributed by atoms with Gasteiger partial charge in [0.15, 0.2) is 0 Å². The molecule has 8 heteroatoms.